The van der Waals surface area contributed by atoms with Gasteiger partial charge in [0.05, 0.1) is 1.37 Å². The standard InChI is InChI=1S/C11H11N2P2.V/c14-15-13(10-6-2-1-3-7-10)11-8-4-5-9-12-11;/h1-7,9,15H,14H2;/q-1;/i6T;. The molecule has 0 amide bonds. The first kappa shape index (κ1) is 12.1. The minimum absolute atomic E-state index is 0. The molecule has 5 heteroatoms. The zero-order chi connectivity index (χ0) is 11.4. The van der Waals surface area contributed by atoms with E-state index >= 15 is 0 Å². The quantitative estimate of drug-likeness (QED) is 0.635. The minimum Gasteiger partial charge on any atom is -0.320 e. The Morgan fingerprint density at radius 1 is 1.38 bits per heavy atom. The van der Waals surface area contributed by atoms with Gasteiger partial charge in [-0.1, -0.05) is 33.3 Å². The van der Waals surface area contributed by atoms with Crippen molar-refractivity contribution in [1.29, 1.82) is 0 Å². The van der Waals surface area contributed by atoms with Crippen LogP contribution in [0.2, 0.25) is 0 Å². The molecule has 2 rings (SSSR count). The third-order valence-electron chi connectivity index (χ3n) is 1.87. The Morgan fingerprint density at radius 2 is 2.25 bits per heavy atom. The average molecular weight is 286 g/mol. The van der Waals surface area contributed by atoms with Gasteiger partial charge in [0.25, 0.3) is 0 Å². The predicted octanol–water partition coefficient (Wildman–Crippen LogP) is 3.40. The van der Waals surface area contributed by atoms with Crippen LogP contribution in [-0.2, 0) is 18.6 Å². The van der Waals surface area contributed by atoms with Crippen LogP contribution in [-0.4, -0.2) is 4.98 Å². The average Bonchev–Trinajstić information content (AvgIpc) is 2.34. The summed E-state index contributed by atoms with van der Waals surface area (Å²) in [4.78, 5) is 4.25. The molecule has 2 nitrogen and oxygen atoms in total. The Labute approximate surface area is 113 Å². The van der Waals surface area contributed by atoms with Gasteiger partial charge in [-0.15, -0.1) is 0 Å². The van der Waals surface area contributed by atoms with Gasteiger partial charge < -0.3 is 4.67 Å². The molecule has 0 saturated carbocycles. The number of hydrogen-bond donors (Lipinski definition) is 0. The number of nitrogens with zero attached hydrogens (tertiary/aromatic N) is 2. The summed E-state index contributed by atoms with van der Waals surface area (Å²) in [5.74, 6) is 0.746. The summed E-state index contributed by atoms with van der Waals surface area (Å²) in [5.41, 5.74) is 0.853. The second-order valence-corrected chi connectivity index (χ2v) is 4.30. The van der Waals surface area contributed by atoms with Crippen molar-refractivity contribution in [3.63, 3.8) is 0 Å². The summed E-state index contributed by atoms with van der Waals surface area (Å²) in [6.45, 7) is 0. The van der Waals surface area contributed by atoms with Gasteiger partial charge >= 0.3 is 0 Å². The fourth-order valence-corrected chi connectivity index (χ4v) is 2.51. The number of rotatable bonds is 3. The van der Waals surface area contributed by atoms with E-state index in [4.69, 9.17) is 1.37 Å². The molecule has 0 fully saturated rings. The van der Waals surface area contributed by atoms with Gasteiger partial charge in [0.15, 0.2) is 0 Å². The largest absolute Gasteiger partial charge is 0.320 e. The van der Waals surface area contributed by atoms with E-state index < -0.39 is 0 Å². The Hall–Kier alpha value is -0.386. The minimum atomic E-state index is 0. The van der Waals surface area contributed by atoms with E-state index in [9.17, 15) is 0 Å². The van der Waals surface area contributed by atoms with E-state index in [2.05, 4.69) is 20.0 Å². The molecule has 0 aliphatic heterocycles. The molecule has 0 saturated heterocycles. The van der Waals surface area contributed by atoms with E-state index in [1.807, 2.05) is 35.0 Å². The van der Waals surface area contributed by atoms with Crippen LogP contribution in [0.4, 0.5) is 11.5 Å². The molecule has 0 bridgehead atoms. The molecule has 2 unspecified atom stereocenters. The third-order valence-corrected chi connectivity index (χ3v) is 3.35. The van der Waals surface area contributed by atoms with Crippen molar-refractivity contribution in [2.75, 3.05) is 4.67 Å². The van der Waals surface area contributed by atoms with Crippen molar-refractivity contribution < 1.29 is 19.9 Å². The molecule has 1 heterocycles. The Balaban J connectivity index is 0.00000144. The number of para-hydroxylation sites is 1. The first-order valence-electron chi connectivity index (χ1n) is 4.97. The SMILES string of the molecule is [3H]c1ccccc1N(PP)c1[c-]cccn1.[V]. The zero-order valence-corrected chi connectivity index (χ0v) is 12.0. The van der Waals surface area contributed by atoms with Crippen LogP contribution in [0.5, 0.6) is 0 Å². The van der Waals surface area contributed by atoms with E-state index in [1.165, 1.54) is 0 Å². The third kappa shape index (κ3) is 3.30. The Kier molecular flexibility index (Phi) is 5.32. The molecule has 2 atom stereocenters. The molecular weight excluding hydrogens is 273 g/mol. The van der Waals surface area contributed by atoms with Crippen LogP contribution in [0.25, 0.3) is 0 Å². The molecule has 0 spiro atoms. The Bertz CT molecular complexity index is 470. The predicted molar refractivity (Wildman–Crippen MR) is 69.7 cm³/mol. The van der Waals surface area contributed by atoms with E-state index in [1.54, 1.807) is 12.3 Å². The van der Waals surface area contributed by atoms with E-state index in [0.29, 0.717) is 14.5 Å². The molecule has 2 aromatic rings. The van der Waals surface area contributed by atoms with Crippen molar-refractivity contribution >= 4 is 28.9 Å². The molecule has 16 heavy (non-hydrogen) atoms. The number of pyridine rings is 1. The molecule has 1 aromatic heterocycles. The summed E-state index contributed by atoms with van der Waals surface area (Å²) in [7, 11) is 3.11. The van der Waals surface area contributed by atoms with Crippen molar-refractivity contribution in [2.45, 2.75) is 0 Å². The fraction of sp³-hybridized carbons (Fsp3) is 0. The van der Waals surface area contributed by atoms with Gasteiger partial charge in [0, 0.05) is 38.5 Å². The molecule has 1 aromatic carbocycles. The normalized spacial score (nSPS) is 10.9. The molecule has 0 aliphatic rings. The smallest absolute Gasteiger partial charge is 0.0645 e. The van der Waals surface area contributed by atoms with Crippen molar-refractivity contribution in [2.24, 2.45) is 0 Å². The van der Waals surface area contributed by atoms with Gasteiger partial charge in [0.1, 0.15) is 0 Å². The zero-order valence-electron chi connectivity index (χ0n) is 9.46. The first-order valence-corrected chi connectivity index (χ1v) is 7.23. The van der Waals surface area contributed by atoms with Gasteiger partial charge in [-0.2, -0.15) is 6.07 Å². The summed E-state index contributed by atoms with van der Waals surface area (Å²) in [5, 5.41) is 0. The van der Waals surface area contributed by atoms with Crippen LogP contribution < -0.4 is 4.67 Å². The molecule has 0 aliphatic carbocycles. The van der Waals surface area contributed by atoms with Gasteiger partial charge in [-0.05, 0) is 12.1 Å². The van der Waals surface area contributed by atoms with Crippen LogP contribution in [0.3, 0.4) is 0 Å². The maximum Gasteiger partial charge on any atom is 0.0645 e. The summed E-state index contributed by atoms with van der Waals surface area (Å²) < 4.78 is 9.83. The number of anilines is 2. The molecule has 81 valence electrons. The maximum atomic E-state index is 7.87. The van der Waals surface area contributed by atoms with Crippen LogP contribution in [0.1, 0.15) is 1.37 Å². The topological polar surface area (TPSA) is 16.1 Å². The number of aromatic nitrogens is 1. The van der Waals surface area contributed by atoms with Crippen molar-refractivity contribution in [3.05, 3.63) is 54.7 Å². The van der Waals surface area contributed by atoms with Gasteiger partial charge in [-0.25, -0.2) is 12.1 Å². The second kappa shape index (κ2) is 7.04. The van der Waals surface area contributed by atoms with Crippen molar-refractivity contribution in [3.8, 4) is 0 Å². The van der Waals surface area contributed by atoms with Crippen LogP contribution in [0.15, 0.2) is 48.6 Å². The molecule has 1 radical (unpaired) electrons. The monoisotopic (exact) mass is 286 g/mol. The first-order chi connectivity index (χ1) is 7.83. The van der Waals surface area contributed by atoms with Gasteiger partial charge in [0.2, 0.25) is 0 Å². The van der Waals surface area contributed by atoms with E-state index in [-0.39, 0.29) is 18.6 Å². The molecular formula is C11H11N2P2V-. The Morgan fingerprint density at radius 3 is 2.88 bits per heavy atom. The van der Waals surface area contributed by atoms with Gasteiger partial charge in [-0.3, -0.25) is 4.98 Å². The van der Waals surface area contributed by atoms with Crippen LogP contribution >= 0.6 is 17.3 Å². The van der Waals surface area contributed by atoms with E-state index in [0.717, 1.165) is 11.5 Å². The van der Waals surface area contributed by atoms with Crippen molar-refractivity contribution in [1.82, 2.24) is 4.98 Å². The summed E-state index contributed by atoms with van der Waals surface area (Å²) in [6, 6.07) is 14.7. The van der Waals surface area contributed by atoms with Crippen LogP contribution in [0, 0.1) is 6.07 Å². The summed E-state index contributed by atoms with van der Waals surface area (Å²) in [6.07, 6.45) is 1.73. The second-order valence-electron chi connectivity index (χ2n) is 2.82. The number of hydrogen-bond acceptors (Lipinski definition) is 2. The molecule has 0 N–H and O–H groups in total. The summed E-state index contributed by atoms with van der Waals surface area (Å²) >= 11 is 0. The maximum absolute atomic E-state index is 7.87. The number of benzene rings is 1. The fourth-order valence-electron chi connectivity index (χ4n) is 1.21.